The lowest BCUT2D eigenvalue weighted by molar-refractivity contribution is 0.102. The van der Waals surface area contributed by atoms with Gasteiger partial charge >= 0.3 is 0 Å². The highest BCUT2D eigenvalue weighted by Gasteiger charge is 2.12. The Kier molecular flexibility index (Phi) is 4.61. The van der Waals surface area contributed by atoms with Crippen LogP contribution in [0.25, 0.3) is 10.6 Å². The first kappa shape index (κ1) is 15.9. The molecule has 1 N–H and O–H groups in total. The number of nitrogens with one attached hydrogen (secondary N) is 1. The highest BCUT2D eigenvalue weighted by molar-refractivity contribution is 7.18. The van der Waals surface area contributed by atoms with Crippen LogP contribution in [-0.2, 0) is 0 Å². The molecule has 0 spiro atoms. The summed E-state index contributed by atoms with van der Waals surface area (Å²) in [4.78, 5) is 12.2. The van der Waals surface area contributed by atoms with Crippen LogP contribution in [0, 0.1) is 6.92 Å². The Labute approximate surface area is 147 Å². The number of hydrogen-bond acceptors (Lipinski definition) is 4. The maximum atomic E-state index is 12.2. The topological polar surface area (TPSA) is 54.9 Å². The first-order chi connectivity index (χ1) is 11.0. The molecule has 0 aliphatic heterocycles. The third kappa shape index (κ3) is 3.88. The molecule has 0 aliphatic carbocycles. The number of carbonyl (C=O) groups excluding carboxylic acids is 1. The van der Waals surface area contributed by atoms with Gasteiger partial charge in [-0.1, -0.05) is 64.4 Å². The van der Waals surface area contributed by atoms with Gasteiger partial charge in [-0.15, -0.1) is 10.2 Å². The zero-order chi connectivity index (χ0) is 16.4. The molecule has 0 atom stereocenters. The Morgan fingerprint density at radius 1 is 1.04 bits per heavy atom. The third-order valence-electron chi connectivity index (χ3n) is 3.07. The molecule has 1 aromatic heterocycles. The minimum Gasteiger partial charge on any atom is -0.296 e. The summed E-state index contributed by atoms with van der Waals surface area (Å²) in [5, 5.41) is 12.8. The summed E-state index contributed by atoms with van der Waals surface area (Å²) in [5.74, 6) is -0.332. The van der Waals surface area contributed by atoms with E-state index >= 15 is 0 Å². The highest BCUT2D eigenvalue weighted by atomic mass is 35.5. The lowest BCUT2D eigenvalue weighted by Crippen LogP contribution is -2.11. The molecule has 3 aromatic rings. The Bertz CT molecular complexity index is 842. The van der Waals surface area contributed by atoms with E-state index in [9.17, 15) is 4.79 Å². The van der Waals surface area contributed by atoms with Crippen LogP contribution in [0.2, 0.25) is 10.0 Å². The van der Waals surface area contributed by atoms with Gasteiger partial charge < -0.3 is 0 Å². The van der Waals surface area contributed by atoms with Crippen LogP contribution < -0.4 is 5.32 Å². The molecule has 23 heavy (non-hydrogen) atoms. The van der Waals surface area contributed by atoms with Gasteiger partial charge in [-0.05, 0) is 25.1 Å². The summed E-state index contributed by atoms with van der Waals surface area (Å²) in [7, 11) is 0. The normalized spacial score (nSPS) is 10.6. The van der Waals surface area contributed by atoms with Crippen LogP contribution >= 0.6 is 34.5 Å². The number of benzene rings is 2. The number of anilines is 1. The summed E-state index contributed by atoms with van der Waals surface area (Å²) >= 11 is 13.1. The Hall–Kier alpha value is -1.95. The summed E-state index contributed by atoms with van der Waals surface area (Å²) < 4.78 is 0. The molecule has 116 valence electrons. The fraction of sp³-hybridized carbons (Fsp3) is 0.0625. The Morgan fingerprint density at radius 3 is 2.35 bits per heavy atom. The standard InChI is InChI=1S/C16H11Cl2N3OS/c1-9-2-4-10(5-3-9)15-20-21-16(23-15)19-14(22)11-6-12(17)8-13(18)7-11/h2-8H,1H3,(H,19,21,22). The second kappa shape index (κ2) is 6.66. The van der Waals surface area contributed by atoms with Gasteiger partial charge in [0, 0.05) is 21.2 Å². The van der Waals surface area contributed by atoms with Gasteiger partial charge in [-0.2, -0.15) is 0 Å². The van der Waals surface area contributed by atoms with Crippen LogP contribution in [0.15, 0.2) is 42.5 Å². The van der Waals surface area contributed by atoms with Crippen molar-refractivity contribution in [3.63, 3.8) is 0 Å². The molecule has 0 unspecified atom stereocenters. The van der Waals surface area contributed by atoms with E-state index in [0.717, 1.165) is 10.6 Å². The first-order valence-corrected chi connectivity index (χ1v) is 8.26. The van der Waals surface area contributed by atoms with Crippen LogP contribution in [0.3, 0.4) is 0 Å². The molecule has 0 bridgehead atoms. The molecule has 0 saturated carbocycles. The molecular formula is C16H11Cl2N3OS. The van der Waals surface area contributed by atoms with Crippen molar-refractivity contribution >= 4 is 45.6 Å². The van der Waals surface area contributed by atoms with Crippen molar-refractivity contribution in [1.82, 2.24) is 10.2 Å². The number of aryl methyl sites for hydroxylation is 1. The molecule has 1 amide bonds. The number of amides is 1. The summed E-state index contributed by atoms with van der Waals surface area (Å²) in [6, 6.07) is 12.6. The zero-order valence-corrected chi connectivity index (χ0v) is 14.3. The molecular weight excluding hydrogens is 353 g/mol. The van der Waals surface area contributed by atoms with Gasteiger partial charge in [0.15, 0.2) is 0 Å². The van der Waals surface area contributed by atoms with Gasteiger partial charge in [-0.25, -0.2) is 0 Å². The quantitative estimate of drug-likeness (QED) is 0.706. The van der Waals surface area contributed by atoms with Crippen molar-refractivity contribution in [3.8, 4) is 10.6 Å². The van der Waals surface area contributed by atoms with Crippen LogP contribution in [0.4, 0.5) is 5.13 Å². The second-order valence-corrected chi connectivity index (χ2v) is 6.74. The van der Waals surface area contributed by atoms with Crippen molar-refractivity contribution in [2.75, 3.05) is 5.32 Å². The number of aromatic nitrogens is 2. The van der Waals surface area contributed by atoms with Crippen LogP contribution in [0.5, 0.6) is 0 Å². The van der Waals surface area contributed by atoms with Crippen molar-refractivity contribution in [2.45, 2.75) is 6.92 Å². The third-order valence-corrected chi connectivity index (χ3v) is 4.39. The molecule has 4 nitrogen and oxygen atoms in total. The second-order valence-electron chi connectivity index (χ2n) is 4.89. The van der Waals surface area contributed by atoms with Crippen molar-refractivity contribution in [1.29, 1.82) is 0 Å². The van der Waals surface area contributed by atoms with E-state index in [0.29, 0.717) is 20.7 Å². The van der Waals surface area contributed by atoms with E-state index in [1.54, 1.807) is 18.2 Å². The lowest BCUT2D eigenvalue weighted by atomic mass is 10.2. The SMILES string of the molecule is Cc1ccc(-c2nnc(NC(=O)c3cc(Cl)cc(Cl)c3)s2)cc1. The average Bonchev–Trinajstić information content (AvgIpc) is 2.95. The van der Waals surface area contributed by atoms with Gasteiger partial charge in [0.25, 0.3) is 5.91 Å². The number of hydrogen-bond donors (Lipinski definition) is 1. The molecule has 0 aliphatic rings. The van der Waals surface area contributed by atoms with Crippen molar-refractivity contribution < 1.29 is 4.79 Å². The van der Waals surface area contributed by atoms with E-state index in [-0.39, 0.29) is 5.91 Å². The Morgan fingerprint density at radius 2 is 1.70 bits per heavy atom. The van der Waals surface area contributed by atoms with Gasteiger partial charge in [-0.3, -0.25) is 10.1 Å². The average molecular weight is 364 g/mol. The van der Waals surface area contributed by atoms with Crippen molar-refractivity contribution in [2.24, 2.45) is 0 Å². The fourth-order valence-electron chi connectivity index (χ4n) is 1.94. The van der Waals surface area contributed by atoms with Gasteiger partial charge in [0.1, 0.15) is 5.01 Å². The number of rotatable bonds is 3. The largest absolute Gasteiger partial charge is 0.296 e. The number of carbonyl (C=O) groups is 1. The zero-order valence-electron chi connectivity index (χ0n) is 12.0. The van der Waals surface area contributed by atoms with E-state index in [2.05, 4.69) is 15.5 Å². The lowest BCUT2D eigenvalue weighted by Gasteiger charge is -2.02. The van der Waals surface area contributed by atoms with E-state index < -0.39 is 0 Å². The molecule has 0 radical (unpaired) electrons. The maximum absolute atomic E-state index is 12.2. The van der Waals surface area contributed by atoms with E-state index in [4.69, 9.17) is 23.2 Å². The minimum absolute atomic E-state index is 0.332. The fourth-order valence-corrected chi connectivity index (χ4v) is 3.21. The van der Waals surface area contributed by atoms with Crippen LogP contribution in [-0.4, -0.2) is 16.1 Å². The maximum Gasteiger partial charge on any atom is 0.257 e. The number of halogens is 2. The van der Waals surface area contributed by atoms with Gasteiger partial charge in [0.05, 0.1) is 0 Å². The smallest absolute Gasteiger partial charge is 0.257 e. The molecule has 0 saturated heterocycles. The highest BCUT2D eigenvalue weighted by Crippen LogP contribution is 2.27. The molecule has 0 fully saturated rings. The summed E-state index contributed by atoms with van der Waals surface area (Å²) in [6.07, 6.45) is 0. The monoisotopic (exact) mass is 363 g/mol. The molecule has 2 aromatic carbocycles. The number of nitrogens with zero attached hydrogens (tertiary/aromatic N) is 2. The minimum atomic E-state index is -0.332. The van der Waals surface area contributed by atoms with Crippen molar-refractivity contribution in [3.05, 3.63) is 63.6 Å². The predicted molar refractivity (Wildman–Crippen MR) is 94.5 cm³/mol. The molecule has 7 heteroatoms. The summed E-state index contributed by atoms with van der Waals surface area (Å²) in [6.45, 7) is 2.02. The Balaban J connectivity index is 1.78. The van der Waals surface area contributed by atoms with Crippen LogP contribution in [0.1, 0.15) is 15.9 Å². The first-order valence-electron chi connectivity index (χ1n) is 6.69. The molecule has 3 rings (SSSR count). The predicted octanol–water partition coefficient (Wildman–Crippen LogP) is 5.07. The van der Waals surface area contributed by atoms with Gasteiger partial charge in [0.2, 0.25) is 5.13 Å². The molecule has 1 heterocycles. The summed E-state index contributed by atoms with van der Waals surface area (Å²) in [5.41, 5.74) is 2.50. The van der Waals surface area contributed by atoms with E-state index in [1.807, 2.05) is 31.2 Å². The van der Waals surface area contributed by atoms with E-state index in [1.165, 1.54) is 16.9 Å².